The van der Waals surface area contributed by atoms with Gasteiger partial charge in [0, 0.05) is 31.7 Å². The number of hydrogen-bond acceptors (Lipinski definition) is 5. The molecule has 5 nitrogen and oxygen atoms in total. The number of rotatable bonds is 5. The van der Waals surface area contributed by atoms with Crippen molar-refractivity contribution in [1.82, 2.24) is 15.2 Å². The number of carbonyl (C=O) groups is 1. The summed E-state index contributed by atoms with van der Waals surface area (Å²) in [5, 5.41) is 13.2. The van der Waals surface area contributed by atoms with Gasteiger partial charge in [0.15, 0.2) is 0 Å². The fourth-order valence-electron chi connectivity index (χ4n) is 3.38. The molecule has 4 rings (SSSR count). The van der Waals surface area contributed by atoms with Gasteiger partial charge in [0.1, 0.15) is 0 Å². The van der Waals surface area contributed by atoms with Gasteiger partial charge in [0.25, 0.3) is 5.91 Å². The molecule has 6 heteroatoms. The molecule has 1 aromatic heterocycles. The quantitative estimate of drug-likeness (QED) is 0.727. The van der Waals surface area contributed by atoms with Crippen LogP contribution in [0.4, 0.5) is 0 Å². The molecule has 1 atom stereocenters. The average molecular weight is 367 g/mol. The molecule has 0 bridgehead atoms. The summed E-state index contributed by atoms with van der Waals surface area (Å²) >= 11 is 1.51. The summed E-state index contributed by atoms with van der Waals surface area (Å²) in [6, 6.07) is 13.9. The van der Waals surface area contributed by atoms with E-state index in [-0.39, 0.29) is 12.5 Å². The number of nitrogens with zero attached hydrogens (tertiary/aromatic N) is 2. The van der Waals surface area contributed by atoms with Gasteiger partial charge < -0.3 is 10.4 Å². The normalized spacial score (nSPS) is 15.6. The standard InChI is InChI=1S/C20H21N3O2S/c24-17(12-23-8-7-14-3-1-2-4-16(14)11-23)10-21-20(25)15-5-6-18-19(9-15)26-13-22-18/h1-6,9,13,17,24H,7-8,10-12H2,(H,21,25)/t17-/m0/s1. The van der Waals surface area contributed by atoms with Crippen molar-refractivity contribution in [3.63, 3.8) is 0 Å². The number of aliphatic hydroxyl groups is 1. The number of aliphatic hydroxyl groups excluding tert-OH is 1. The van der Waals surface area contributed by atoms with Crippen LogP contribution in [0.5, 0.6) is 0 Å². The first-order chi connectivity index (χ1) is 12.7. The van der Waals surface area contributed by atoms with E-state index in [4.69, 9.17) is 0 Å². The van der Waals surface area contributed by atoms with E-state index in [9.17, 15) is 9.90 Å². The maximum absolute atomic E-state index is 12.3. The van der Waals surface area contributed by atoms with E-state index < -0.39 is 6.10 Å². The zero-order valence-corrected chi connectivity index (χ0v) is 15.2. The zero-order valence-electron chi connectivity index (χ0n) is 14.4. The molecule has 0 radical (unpaired) electrons. The van der Waals surface area contributed by atoms with E-state index in [1.165, 1.54) is 22.5 Å². The van der Waals surface area contributed by atoms with Crippen LogP contribution in [-0.4, -0.2) is 46.6 Å². The van der Waals surface area contributed by atoms with Crippen molar-refractivity contribution in [2.75, 3.05) is 19.6 Å². The maximum Gasteiger partial charge on any atom is 0.251 e. The van der Waals surface area contributed by atoms with Crippen LogP contribution in [0.2, 0.25) is 0 Å². The largest absolute Gasteiger partial charge is 0.390 e. The smallest absolute Gasteiger partial charge is 0.251 e. The van der Waals surface area contributed by atoms with Crippen LogP contribution in [0.15, 0.2) is 48.0 Å². The molecule has 0 saturated carbocycles. The Morgan fingerprint density at radius 3 is 3.00 bits per heavy atom. The van der Waals surface area contributed by atoms with Gasteiger partial charge in [-0.05, 0) is 35.7 Å². The Labute approximate surface area is 156 Å². The van der Waals surface area contributed by atoms with E-state index in [0.29, 0.717) is 12.1 Å². The molecule has 26 heavy (non-hydrogen) atoms. The molecule has 2 N–H and O–H groups in total. The molecule has 1 amide bonds. The predicted molar refractivity (Wildman–Crippen MR) is 103 cm³/mol. The molecule has 1 aliphatic heterocycles. The third kappa shape index (κ3) is 3.77. The number of amides is 1. The Kier molecular flexibility index (Phi) is 4.97. The number of benzene rings is 2. The molecule has 0 aliphatic carbocycles. The molecule has 0 saturated heterocycles. The third-order valence-electron chi connectivity index (χ3n) is 4.77. The van der Waals surface area contributed by atoms with Gasteiger partial charge in [-0.25, -0.2) is 4.98 Å². The molecule has 2 aromatic carbocycles. The Morgan fingerprint density at radius 2 is 2.12 bits per heavy atom. The minimum Gasteiger partial charge on any atom is -0.390 e. The number of nitrogens with one attached hydrogen (secondary N) is 1. The zero-order chi connectivity index (χ0) is 17.9. The highest BCUT2D eigenvalue weighted by Crippen LogP contribution is 2.20. The first-order valence-corrected chi connectivity index (χ1v) is 9.65. The summed E-state index contributed by atoms with van der Waals surface area (Å²) in [4.78, 5) is 18.8. The minimum atomic E-state index is -0.587. The lowest BCUT2D eigenvalue weighted by atomic mass is 10.00. The van der Waals surface area contributed by atoms with E-state index in [2.05, 4.69) is 39.5 Å². The van der Waals surface area contributed by atoms with Gasteiger partial charge in [-0.2, -0.15) is 0 Å². The number of β-amino-alcohol motifs (C(OH)–C–C–N with tert-alkyl or cyclic N) is 1. The Balaban J connectivity index is 1.30. The predicted octanol–water partition coefficient (Wildman–Crippen LogP) is 2.45. The van der Waals surface area contributed by atoms with Gasteiger partial charge >= 0.3 is 0 Å². The fraction of sp³-hybridized carbons (Fsp3) is 0.300. The number of fused-ring (bicyclic) bond motifs is 2. The summed E-state index contributed by atoms with van der Waals surface area (Å²) in [5.41, 5.74) is 5.99. The lowest BCUT2D eigenvalue weighted by Gasteiger charge is -2.30. The summed E-state index contributed by atoms with van der Waals surface area (Å²) in [5.74, 6) is -0.164. The summed E-state index contributed by atoms with van der Waals surface area (Å²) in [6.07, 6.45) is 0.417. The Morgan fingerprint density at radius 1 is 1.27 bits per heavy atom. The van der Waals surface area contributed by atoms with Gasteiger partial charge in [0.2, 0.25) is 0 Å². The highest BCUT2D eigenvalue weighted by Gasteiger charge is 2.19. The van der Waals surface area contributed by atoms with E-state index >= 15 is 0 Å². The second-order valence-electron chi connectivity index (χ2n) is 6.65. The SMILES string of the molecule is O=C(NC[C@H](O)CN1CCc2ccccc2C1)c1ccc2ncsc2c1. The van der Waals surface area contributed by atoms with Crippen LogP contribution < -0.4 is 5.32 Å². The molecule has 1 aliphatic rings. The number of thiazole rings is 1. The Bertz CT molecular complexity index is 924. The van der Waals surface area contributed by atoms with Crippen molar-refractivity contribution < 1.29 is 9.90 Å². The van der Waals surface area contributed by atoms with Crippen LogP contribution in [0.1, 0.15) is 21.5 Å². The number of aromatic nitrogens is 1. The van der Waals surface area contributed by atoms with E-state index in [1.54, 1.807) is 11.6 Å². The maximum atomic E-state index is 12.3. The molecule has 0 fully saturated rings. The van der Waals surface area contributed by atoms with Gasteiger partial charge in [-0.3, -0.25) is 9.69 Å². The molecule has 2 heterocycles. The van der Waals surface area contributed by atoms with Crippen LogP contribution >= 0.6 is 11.3 Å². The van der Waals surface area contributed by atoms with Gasteiger partial charge in [0.05, 0.1) is 21.8 Å². The molecular formula is C20H21N3O2S. The van der Waals surface area contributed by atoms with Crippen molar-refractivity contribution >= 4 is 27.5 Å². The highest BCUT2D eigenvalue weighted by molar-refractivity contribution is 7.16. The van der Waals surface area contributed by atoms with Gasteiger partial charge in [-0.15, -0.1) is 11.3 Å². The van der Waals surface area contributed by atoms with Crippen LogP contribution in [0, 0.1) is 0 Å². The van der Waals surface area contributed by atoms with Crippen LogP contribution in [-0.2, 0) is 13.0 Å². The molecule has 0 unspecified atom stereocenters. The lowest BCUT2D eigenvalue weighted by molar-refractivity contribution is 0.0842. The number of hydrogen-bond donors (Lipinski definition) is 2. The second kappa shape index (κ2) is 7.53. The van der Waals surface area contributed by atoms with Crippen LogP contribution in [0.25, 0.3) is 10.2 Å². The lowest BCUT2D eigenvalue weighted by Crippen LogP contribution is -2.42. The molecule has 0 spiro atoms. The molecular weight excluding hydrogens is 346 g/mol. The average Bonchev–Trinajstić information content (AvgIpc) is 3.14. The molecule has 134 valence electrons. The Hall–Kier alpha value is -2.28. The summed E-state index contributed by atoms with van der Waals surface area (Å²) < 4.78 is 0.991. The van der Waals surface area contributed by atoms with Crippen molar-refractivity contribution in [2.24, 2.45) is 0 Å². The minimum absolute atomic E-state index is 0.164. The highest BCUT2D eigenvalue weighted by atomic mass is 32.1. The monoisotopic (exact) mass is 367 g/mol. The first-order valence-electron chi connectivity index (χ1n) is 8.78. The van der Waals surface area contributed by atoms with Crippen molar-refractivity contribution in [2.45, 2.75) is 19.1 Å². The summed E-state index contributed by atoms with van der Waals surface area (Å²) in [7, 11) is 0. The fourth-order valence-corrected chi connectivity index (χ4v) is 4.10. The van der Waals surface area contributed by atoms with Crippen molar-refractivity contribution in [1.29, 1.82) is 0 Å². The van der Waals surface area contributed by atoms with Gasteiger partial charge in [-0.1, -0.05) is 24.3 Å². The number of carbonyl (C=O) groups excluding carboxylic acids is 1. The van der Waals surface area contributed by atoms with Crippen molar-refractivity contribution in [3.05, 3.63) is 64.7 Å². The first kappa shape index (κ1) is 17.1. The second-order valence-corrected chi connectivity index (χ2v) is 7.54. The van der Waals surface area contributed by atoms with Crippen LogP contribution in [0.3, 0.4) is 0 Å². The van der Waals surface area contributed by atoms with Crippen molar-refractivity contribution in [3.8, 4) is 0 Å². The molecule has 3 aromatic rings. The summed E-state index contributed by atoms with van der Waals surface area (Å²) in [6.45, 7) is 2.59. The topological polar surface area (TPSA) is 65.5 Å². The van der Waals surface area contributed by atoms with E-state index in [1.807, 2.05) is 12.1 Å². The third-order valence-corrected chi connectivity index (χ3v) is 5.56. The van der Waals surface area contributed by atoms with E-state index in [0.717, 1.165) is 29.7 Å².